The van der Waals surface area contributed by atoms with Gasteiger partial charge in [-0.3, -0.25) is 4.79 Å². The highest BCUT2D eigenvalue weighted by Crippen LogP contribution is 2.15. The normalized spacial score (nSPS) is 32.9. The maximum absolute atomic E-state index is 10.9. The van der Waals surface area contributed by atoms with E-state index in [2.05, 4.69) is 0 Å². The van der Waals surface area contributed by atoms with Crippen molar-refractivity contribution < 1.29 is 9.53 Å². The maximum Gasteiger partial charge on any atom is 0.221 e. The van der Waals surface area contributed by atoms with E-state index in [1.54, 1.807) is 11.8 Å². The molecule has 2 atom stereocenters. The molecule has 0 spiro atoms. The molecule has 3 nitrogen and oxygen atoms in total. The lowest BCUT2D eigenvalue weighted by Crippen LogP contribution is -2.37. The molecule has 0 bridgehead atoms. The Morgan fingerprint density at radius 2 is 2.20 bits per heavy atom. The van der Waals surface area contributed by atoms with Crippen LogP contribution in [0.5, 0.6) is 0 Å². The fraction of sp³-hybridized carbons (Fsp3) is 0.857. The van der Waals surface area contributed by atoms with Gasteiger partial charge in [0.05, 0.1) is 12.6 Å². The molecule has 1 heterocycles. The fourth-order valence-corrected chi connectivity index (χ4v) is 1.36. The molecular weight excluding hydrogens is 130 g/mol. The predicted molar refractivity (Wildman–Crippen MR) is 37.4 cm³/mol. The van der Waals surface area contributed by atoms with E-state index < -0.39 is 0 Å². The molecule has 0 aromatic heterocycles. The number of hydrogen-bond donors (Lipinski definition) is 0. The van der Waals surface area contributed by atoms with Crippen LogP contribution in [0.2, 0.25) is 0 Å². The molecule has 0 aromatic carbocycles. The summed E-state index contributed by atoms with van der Waals surface area (Å²) >= 11 is 0. The lowest BCUT2D eigenvalue weighted by atomic mass is 10.3. The van der Waals surface area contributed by atoms with Crippen LogP contribution in [-0.2, 0) is 9.53 Å². The summed E-state index contributed by atoms with van der Waals surface area (Å²) in [6.45, 7) is 6.12. The Morgan fingerprint density at radius 3 is 2.40 bits per heavy atom. The van der Waals surface area contributed by atoms with Crippen LogP contribution >= 0.6 is 0 Å². The van der Waals surface area contributed by atoms with E-state index in [4.69, 9.17) is 4.74 Å². The van der Waals surface area contributed by atoms with Gasteiger partial charge in [-0.05, 0) is 13.8 Å². The Kier molecular flexibility index (Phi) is 1.94. The average Bonchev–Trinajstić information content (AvgIpc) is 2.11. The number of amides is 1. The van der Waals surface area contributed by atoms with Crippen LogP contribution in [0, 0.1) is 0 Å². The quantitative estimate of drug-likeness (QED) is 0.497. The first-order chi connectivity index (χ1) is 4.63. The van der Waals surface area contributed by atoms with Gasteiger partial charge in [0.25, 0.3) is 0 Å². The summed E-state index contributed by atoms with van der Waals surface area (Å²) in [6, 6.07) is 0.243. The number of carbonyl (C=O) groups is 1. The Morgan fingerprint density at radius 1 is 1.60 bits per heavy atom. The number of rotatable bonds is 0. The lowest BCUT2D eigenvalue weighted by molar-refractivity contribution is -0.134. The molecule has 1 rings (SSSR count). The van der Waals surface area contributed by atoms with Crippen LogP contribution in [0.4, 0.5) is 0 Å². The molecule has 0 aliphatic carbocycles. The molecular formula is C7H13NO2. The molecule has 0 aromatic rings. The first-order valence-corrected chi connectivity index (χ1v) is 3.53. The first-order valence-electron chi connectivity index (χ1n) is 3.53. The Balaban J connectivity index is 2.63. The summed E-state index contributed by atoms with van der Waals surface area (Å²) in [5, 5.41) is 0. The second-order valence-electron chi connectivity index (χ2n) is 2.71. The van der Waals surface area contributed by atoms with Crippen molar-refractivity contribution in [1.82, 2.24) is 4.90 Å². The topological polar surface area (TPSA) is 29.5 Å². The highest BCUT2D eigenvalue weighted by atomic mass is 16.5. The second-order valence-corrected chi connectivity index (χ2v) is 2.71. The van der Waals surface area contributed by atoms with E-state index >= 15 is 0 Å². The molecule has 1 amide bonds. The smallest absolute Gasteiger partial charge is 0.221 e. The van der Waals surface area contributed by atoms with E-state index in [0.29, 0.717) is 6.61 Å². The van der Waals surface area contributed by atoms with E-state index in [1.807, 2.05) is 13.8 Å². The monoisotopic (exact) mass is 143 g/mol. The minimum atomic E-state index is -0.0347. The van der Waals surface area contributed by atoms with E-state index in [0.717, 1.165) is 0 Å². The minimum absolute atomic E-state index is 0.0347. The van der Waals surface area contributed by atoms with Gasteiger partial charge in [0.15, 0.2) is 0 Å². The van der Waals surface area contributed by atoms with E-state index in [1.165, 1.54) is 0 Å². The second kappa shape index (κ2) is 2.58. The van der Waals surface area contributed by atoms with E-state index in [-0.39, 0.29) is 18.2 Å². The average molecular weight is 143 g/mol. The van der Waals surface area contributed by atoms with Gasteiger partial charge in [0.1, 0.15) is 6.23 Å². The standard InChI is InChI=1S/C7H13NO2/c1-5-4-10-7(3)8(5)6(2)9/h5,7H,4H2,1-3H3. The van der Waals surface area contributed by atoms with E-state index in [9.17, 15) is 4.79 Å². The molecule has 1 aliphatic heterocycles. The third-order valence-electron chi connectivity index (χ3n) is 1.81. The largest absolute Gasteiger partial charge is 0.356 e. The molecule has 1 aliphatic rings. The number of carbonyl (C=O) groups excluding carboxylic acids is 1. The van der Waals surface area contributed by atoms with Crippen LogP contribution < -0.4 is 0 Å². The molecule has 58 valence electrons. The van der Waals surface area contributed by atoms with Gasteiger partial charge in [0.2, 0.25) is 5.91 Å². The van der Waals surface area contributed by atoms with Gasteiger partial charge in [-0.15, -0.1) is 0 Å². The molecule has 2 unspecified atom stereocenters. The Bertz CT molecular complexity index is 137. The van der Waals surface area contributed by atoms with Gasteiger partial charge in [-0.1, -0.05) is 0 Å². The predicted octanol–water partition coefficient (Wildman–Crippen LogP) is 0.600. The molecule has 0 radical (unpaired) electrons. The molecule has 10 heavy (non-hydrogen) atoms. The molecule has 3 heteroatoms. The van der Waals surface area contributed by atoms with Crippen molar-refractivity contribution in [3.8, 4) is 0 Å². The Labute approximate surface area is 61.0 Å². The highest BCUT2D eigenvalue weighted by molar-refractivity contribution is 5.74. The van der Waals surface area contributed by atoms with Crippen molar-refractivity contribution in [2.24, 2.45) is 0 Å². The van der Waals surface area contributed by atoms with Crippen molar-refractivity contribution in [3.05, 3.63) is 0 Å². The Hall–Kier alpha value is -0.570. The summed E-state index contributed by atoms with van der Waals surface area (Å²) in [5.74, 6) is 0.0949. The zero-order valence-electron chi connectivity index (χ0n) is 6.63. The van der Waals surface area contributed by atoms with Gasteiger partial charge < -0.3 is 9.64 Å². The minimum Gasteiger partial charge on any atom is -0.356 e. The van der Waals surface area contributed by atoms with Crippen LogP contribution in [0.3, 0.4) is 0 Å². The number of ether oxygens (including phenoxy) is 1. The zero-order valence-corrected chi connectivity index (χ0v) is 6.63. The van der Waals surface area contributed by atoms with Gasteiger partial charge in [-0.25, -0.2) is 0 Å². The van der Waals surface area contributed by atoms with Crippen molar-refractivity contribution in [1.29, 1.82) is 0 Å². The first kappa shape index (κ1) is 7.54. The molecule has 1 fully saturated rings. The van der Waals surface area contributed by atoms with Crippen molar-refractivity contribution >= 4 is 5.91 Å². The molecule has 0 N–H and O–H groups in total. The molecule has 0 saturated carbocycles. The van der Waals surface area contributed by atoms with Crippen LogP contribution in [0.25, 0.3) is 0 Å². The van der Waals surface area contributed by atoms with Crippen LogP contribution in [0.1, 0.15) is 20.8 Å². The number of nitrogens with zero attached hydrogens (tertiary/aromatic N) is 1. The van der Waals surface area contributed by atoms with Crippen molar-refractivity contribution in [2.75, 3.05) is 6.61 Å². The summed E-state index contributed by atoms with van der Waals surface area (Å²) in [6.07, 6.45) is -0.0347. The summed E-state index contributed by atoms with van der Waals surface area (Å²) in [7, 11) is 0. The lowest BCUT2D eigenvalue weighted by Gasteiger charge is -2.21. The fourth-order valence-electron chi connectivity index (χ4n) is 1.36. The van der Waals surface area contributed by atoms with Crippen LogP contribution in [-0.4, -0.2) is 29.7 Å². The van der Waals surface area contributed by atoms with Crippen molar-refractivity contribution in [2.45, 2.75) is 33.0 Å². The summed E-state index contributed by atoms with van der Waals surface area (Å²) < 4.78 is 5.24. The third-order valence-corrected chi connectivity index (χ3v) is 1.81. The summed E-state index contributed by atoms with van der Waals surface area (Å²) in [4.78, 5) is 12.7. The van der Waals surface area contributed by atoms with Gasteiger partial charge in [0, 0.05) is 6.92 Å². The highest BCUT2D eigenvalue weighted by Gasteiger charge is 2.29. The summed E-state index contributed by atoms with van der Waals surface area (Å²) in [5.41, 5.74) is 0. The SMILES string of the molecule is CC(=O)N1C(C)COC1C. The van der Waals surface area contributed by atoms with Crippen LogP contribution in [0.15, 0.2) is 0 Å². The van der Waals surface area contributed by atoms with Gasteiger partial charge in [-0.2, -0.15) is 0 Å². The van der Waals surface area contributed by atoms with Gasteiger partial charge >= 0.3 is 0 Å². The maximum atomic E-state index is 10.9. The zero-order chi connectivity index (χ0) is 7.72. The third kappa shape index (κ3) is 1.14. The number of hydrogen-bond acceptors (Lipinski definition) is 2. The molecule has 1 saturated heterocycles. The van der Waals surface area contributed by atoms with Crippen molar-refractivity contribution in [3.63, 3.8) is 0 Å².